The van der Waals surface area contributed by atoms with E-state index in [-0.39, 0.29) is 5.91 Å². The summed E-state index contributed by atoms with van der Waals surface area (Å²) in [4.78, 5) is 11.7. The van der Waals surface area contributed by atoms with E-state index in [4.69, 9.17) is 4.74 Å². The molecule has 0 saturated heterocycles. The van der Waals surface area contributed by atoms with E-state index < -0.39 is 0 Å². The molecule has 0 atom stereocenters. The van der Waals surface area contributed by atoms with Gasteiger partial charge in [-0.15, -0.1) is 10.2 Å². The largest absolute Gasteiger partial charge is 0.380 e. The average Bonchev–Trinajstić information content (AvgIpc) is 2.89. The van der Waals surface area contributed by atoms with Gasteiger partial charge < -0.3 is 15.4 Å². The Bertz CT molecular complexity index is 370. The topological polar surface area (TPSA) is 76.1 Å². The normalized spacial score (nSPS) is 10.4. The molecule has 6 nitrogen and oxygen atoms in total. The van der Waals surface area contributed by atoms with Crippen molar-refractivity contribution in [3.63, 3.8) is 0 Å². The van der Waals surface area contributed by atoms with Crippen LogP contribution in [-0.4, -0.2) is 42.4 Å². The lowest BCUT2D eigenvalue weighted by Gasteiger charge is -2.03. The Morgan fingerprint density at radius 3 is 2.79 bits per heavy atom. The van der Waals surface area contributed by atoms with E-state index >= 15 is 0 Å². The number of hydrogen-bond donors (Lipinski definition) is 2. The maximum absolute atomic E-state index is 11.7. The summed E-state index contributed by atoms with van der Waals surface area (Å²) in [6.45, 7) is 6.80. The zero-order valence-electron chi connectivity index (χ0n) is 11.6. The lowest BCUT2D eigenvalue weighted by molar-refractivity contribution is 0.0911. The van der Waals surface area contributed by atoms with Gasteiger partial charge in [-0.3, -0.25) is 4.79 Å². The molecular weight excluding hydrogens is 264 g/mol. The van der Waals surface area contributed by atoms with Crippen LogP contribution in [0.3, 0.4) is 0 Å². The van der Waals surface area contributed by atoms with Crippen LogP contribution in [0.1, 0.15) is 42.9 Å². The molecule has 0 aromatic carbocycles. The van der Waals surface area contributed by atoms with Crippen LogP contribution in [0, 0.1) is 0 Å². The van der Waals surface area contributed by atoms with E-state index in [0.29, 0.717) is 23.3 Å². The first-order chi connectivity index (χ1) is 9.27. The van der Waals surface area contributed by atoms with Gasteiger partial charge in [0.1, 0.15) is 0 Å². The molecule has 0 aliphatic carbocycles. The van der Waals surface area contributed by atoms with Crippen molar-refractivity contribution in [1.29, 1.82) is 0 Å². The van der Waals surface area contributed by atoms with E-state index in [2.05, 4.69) is 34.7 Å². The van der Waals surface area contributed by atoms with Crippen molar-refractivity contribution in [2.75, 3.05) is 31.6 Å². The van der Waals surface area contributed by atoms with Gasteiger partial charge >= 0.3 is 0 Å². The number of ether oxygens (including phenoxy) is 1. The molecule has 1 heterocycles. The fourth-order valence-corrected chi connectivity index (χ4v) is 1.96. The summed E-state index contributed by atoms with van der Waals surface area (Å²) >= 11 is 1.27. The van der Waals surface area contributed by atoms with Crippen LogP contribution in [0.25, 0.3) is 0 Å². The second-order valence-corrected chi connectivity index (χ2v) is 5.04. The Balaban J connectivity index is 2.20. The van der Waals surface area contributed by atoms with Crippen LogP contribution in [0.2, 0.25) is 0 Å². The molecular formula is C12H22N4O2S. The first kappa shape index (κ1) is 15.8. The standard InChI is InChI=1S/C12H22N4O2S/c1-3-5-8-18-9-7-13-10(17)11-15-16-12(19-11)14-6-4-2/h3-9H2,1-2H3,(H,13,17)(H,14,16). The fourth-order valence-electron chi connectivity index (χ4n) is 1.28. The monoisotopic (exact) mass is 286 g/mol. The second-order valence-electron chi connectivity index (χ2n) is 4.06. The van der Waals surface area contributed by atoms with Crippen molar-refractivity contribution in [2.45, 2.75) is 33.1 Å². The second kappa shape index (κ2) is 9.69. The van der Waals surface area contributed by atoms with E-state index in [1.54, 1.807) is 0 Å². The van der Waals surface area contributed by atoms with E-state index in [1.807, 2.05) is 0 Å². The first-order valence-corrected chi connectivity index (χ1v) is 7.52. The summed E-state index contributed by atoms with van der Waals surface area (Å²) in [5.41, 5.74) is 0. The maximum Gasteiger partial charge on any atom is 0.282 e. The molecule has 108 valence electrons. The Hall–Kier alpha value is -1.21. The highest BCUT2D eigenvalue weighted by molar-refractivity contribution is 7.17. The van der Waals surface area contributed by atoms with Crippen LogP contribution in [0.4, 0.5) is 5.13 Å². The minimum absolute atomic E-state index is 0.193. The molecule has 1 aromatic rings. The molecule has 0 fully saturated rings. The minimum atomic E-state index is -0.193. The van der Waals surface area contributed by atoms with Crippen LogP contribution in [0.5, 0.6) is 0 Å². The summed E-state index contributed by atoms with van der Waals surface area (Å²) in [5, 5.41) is 14.7. The molecule has 0 bridgehead atoms. The molecule has 1 rings (SSSR count). The Morgan fingerprint density at radius 2 is 2.05 bits per heavy atom. The molecule has 0 aliphatic rings. The number of unbranched alkanes of at least 4 members (excludes halogenated alkanes) is 1. The smallest absolute Gasteiger partial charge is 0.282 e. The number of hydrogen-bond acceptors (Lipinski definition) is 6. The number of amides is 1. The maximum atomic E-state index is 11.7. The van der Waals surface area contributed by atoms with Gasteiger partial charge in [-0.25, -0.2) is 0 Å². The first-order valence-electron chi connectivity index (χ1n) is 6.71. The number of carbonyl (C=O) groups is 1. The van der Waals surface area contributed by atoms with Gasteiger partial charge in [0, 0.05) is 19.7 Å². The molecule has 1 aromatic heterocycles. The lowest BCUT2D eigenvalue weighted by atomic mass is 10.4. The van der Waals surface area contributed by atoms with Crippen molar-refractivity contribution in [3.05, 3.63) is 5.01 Å². The lowest BCUT2D eigenvalue weighted by Crippen LogP contribution is -2.27. The number of anilines is 1. The minimum Gasteiger partial charge on any atom is -0.380 e. The molecule has 0 saturated carbocycles. The van der Waals surface area contributed by atoms with E-state index in [0.717, 1.165) is 32.4 Å². The zero-order valence-corrected chi connectivity index (χ0v) is 12.4. The van der Waals surface area contributed by atoms with Crippen LogP contribution in [-0.2, 0) is 4.74 Å². The van der Waals surface area contributed by atoms with Crippen molar-refractivity contribution in [2.24, 2.45) is 0 Å². The SMILES string of the molecule is CCCCOCCNC(=O)c1nnc(NCCC)s1. The summed E-state index contributed by atoms with van der Waals surface area (Å²) in [6, 6.07) is 0. The molecule has 0 unspecified atom stereocenters. The van der Waals surface area contributed by atoms with Gasteiger partial charge in [0.05, 0.1) is 6.61 Å². The summed E-state index contributed by atoms with van der Waals surface area (Å²) in [5.74, 6) is -0.193. The number of nitrogens with zero attached hydrogens (tertiary/aromatic N) is 2. The number of aromatic nitrogens is 2. The molecule has 1 amide bonds. The van der Waals surface area contributed by atoms with E-state index in [9.17, 15) is 4.79 Å². The van der Waals surface area contributed by atoms with Gasteiger partial charge in [0.15, 0.2) is 0 Å². The summed E-state index contributed by atoms with van der Waals surface area (Å²) in [6.07, 6.45) is 3.18. The van der Waals surface area contributed by atoms with Crippen LogP contribution in [0.15, 0.2) is 0 Å². The van der Waals surface area contributed by atoms with Crippen LogP contribution >= 0.6 is 11.3 Å². The van der Waals surface area contributed by atoms with Crippen molar-refractivity contribution in [1.82, 2.24) is 15.5 Å². The average molecular weight is 286 g/mol. The Kier molecular flexibility index (Phi) is 8.08. The third-order valence-electron chi connectivity index (χ3n) is 2.32. The Morgan fingerprint density at radius 1 is 1.21 bits per heavy atom. The third kappa shape index (κ3) is 6.49. The van der Waals surface area contributed by atoms with Gasteiger partial charge in [0.2, 0.25) is 10.1 Å². The number of nitrogens with one attached hydrogen (secondary N) is 2. The third-order valence-corrected chi connectivity index (χ3v) is 3.20. The molecule has 0 aliphatic heterocycles. The van der Waals surface area contributed by atoms with Crippen molar-refractivity contribution >= 4 is 22.4 Å². The number of rotatable bonds is 10. The van der Waals surface area contributed by atoms with Gasteiger partial charge in [-0.05, 0) is 12.8 Å². The molecule has 19 heavy (non-hydrogen) atoms. The molecule has 0 spiro atoms. The number of carbonyl (C=O) groups excluding carboxylic acids is 1. The van der Waals surface area contributed by atoms with Gasteiger partial charge in [-0.2, -0.15) is 0 Å². The molecule has 0 radical (unpaired) electrons. The highest BCUT2D eigenvalue weighted by Crippen LogP contribution is 2.14. The molecule has 7 heteroatoms. The van der Waals surface area contributed by atoms with Gasteiger partial charge in [0.25, 0.3) is 5.91 Å². The predicted octanol–water partition coefficient (Wildman–Crippen LogP) is 1.91. The summed E-state index contributed by atoms with van der Waals surface area (Å²) < 4.78 is 5.36. The van der Waals surface area contributed by atoms with Crippen molar-refractivity contribution < 1.29 is 9.53 Å². The van der Waals surface area contributed by atoms with Crippen molar-refractivity contribution in [3.8, 4) is 0 Å². The van der Waals surface area contributed by atoms with E-state index in [1.165, 1.54) is 11.3 Å². The quantitative estimate of drug-likeness (QED) is 0.643. The molecule has 2 N–H and O–H groups in total. The van der Waals surface area contributed by atoms with Crippen LogP contribution < -0.4 is 10.6 Å². The summed E-state index contributed by atoms with van der Waals surface area (Å²) in [7, 11) is 0. The predicted molar refractivity (Wildman–Crippen MR) is 76.7 cm³/mol. The highest BCUT2D eigenvalue weighted by Gasteiger charge is 2.11. The zero-order chi connectivity index (χ0) is 13.9. The fraction of sp³-hybridized carbons (Fsp3) is 0.750. The Labute approximate surface area is 118 Å². The van der Waals surface area contributed by atoms with Gasteiger partial charge in [-0.1, -0.05) is 31.6 Å². The highest BCUT2D eigenvalue weighted by atomic mass is 32.1.